The van der Waals surface area contributed by atoms with Gasteiger partial charge in [0.2, 0.25) is 5.91 Å². The normalized spacial score (nSPS) is 10.5. The van der Waals surface area contributed by atoms with E-state index in [4.69, 9.17) is 14.2 Å². The van der Waals surface area contributed by atoms with Gasteiger partial charge in [-0.15, -0.1) is 10.2 Å². The van der Waals surface area contributed by atoms with Gasteiger partial charge in [-0.1, -0.05) is 30.0 Å². The Morgan fingerprint density at radius 2 is 1.65 bits per heavy atom. The molecule has 0 saturated heterocycles. The summed E-state index contributed by atoms with van der Waals surface area (Å²) in [5.41, 5.74) is 1.50. The monoisotopic (exact) mass is 484 g/mol. The third-order valence-electron chi connectivity index (χ3n) is 4.77. The molecule has 0 aliphatic heterocycles. The number of hydrogen-bond acceptors (Lipinski definition) is 9. The molecule has 0 saturated carbocycles. The molecule has 178 valence electrons. The minimum atomic E-state index is -0.643. The maximum Gasteiger partial charge on any atom is 0.337 e. The van der Waals surface area contributed by atoms with Crippen molar-refractivity contribution in [1.82, 2.24) is 14.8 Å². The lowest BCUT2D eigenvalue weighted by Gasteiger charge is -2.10. The number of nitrogens with zero attached hydrogens (tertiary/aromatic N) is 3. The molecule has 0 atom stereocenters. The first kappa shape index (κ1) is 24.8. The average Bonchev–Trinajstić information content (AvgIpc) is 3.20. The zero-order chi connectivity index (χ0) is 24.7. The number of aromatic nitrogens is 3. The second kappa shape index (κ2) is 11.3. The van der Waals surface area contributed by atoms with Crippen LogP contribution in [0.5, 0.6) is 5.75 Å². The highest BCUT2D eigenvalue weighted by atomic mass is 32.2. The number of para-hydroxylation sites is 1. The maximum absolute atomic E-state index is 12.5. The van der Waals surface area contributed by atoms with Gasteiger partial charge in [0.05, 0.1) is 31.1 Å². The minimum absolute atomic E-state index is 0.0284. The summed E-state index contributed by atoms with van der Waals surface area (Å²) in [4.78, 5) is 36.3. The number of aryl methyl sites for hydroxylation is 1. The van der Waals surface area contributed by atoms with Crippen LogP contribution in [-0.4, -0.2) is 52.6 Å². The first-order chi connectivity index (χ1) is 16.3. The molecular formula is C23H24N4O6S. The molecule has 0 radical (unpaired) electrons. The fourth-order valence-electron chi connectivity index (χ4n) is 2.96. The number of thioether (sulfide) groups is 1. The molecule has 11 heteroatoms. The third-order valence-corrected chi connectivity index (χ3v) is 5.79. The molecule has 34 heavy (non-hydrogen) atoms. The second-order valence-corrected chi connectivity index (χ2v) is 8.07. The molecule has 2 aromatic carbocycles. The number of anilines is 1. The molecule has 1 aromatic heterocycles. The molecule has 0 bridgehead atoms. The van der Waals surface area contributed by atoms with Gasteiger partial charge in [0, 0.05) is 12.7 Å². The number of ether oxygens (including phenoxy) is 3. The van der Waals surface area contributed by atoms with E-state index < -0.39 is 11.9 Å². The van der Waals surface area contributed by atoms with Crippen LogP contribution in [0.25, 0.3) is 0 Å². The topological polar surface area (TPSA) is 122 Å². The average molecular weight is 485 g/mol. The van der Waals surface area contributed by atoms with E-state index in [0.29, 0.717) is 11.0 Å². The Balaban J connectivity index is 1.62. The number of esters is 2. The van der Waals surface area contributed by atoms with Gasteiger partial charge in [-0.05, 0) is 36.8 Å². The summed E-state index contributed by atoms with van der Waals surface area (Å²) in [7, 11) is 4.24. The lowest BCUT2D eigenvalue weighted by atomic mass is 10.1. The Morgan fingerprint density at radius 3 is 2.26 bits per heavy atom. The van der Waals surface area contributed by atoms with Gasteiger partial charge in [-0.25, -0.2) is 9.59 Å². The summed E-state index contributed by atoms with van der Waals surface area (Å²) < 4.78 is 17.0. The molecule has 0 spiro atoms. The van der Waals surface area contributed by atoms with E-state index in [-0.39, 0.29) is 35.1 Å². The van der Waals surface area contributed by atoms with Gasteiger partial charge in [0.25, 0.3) is 0 Å². The zero-order valence-corrected chi connectivity index (χ0v) is 20.0. The predicted molar refractivity (Wildman–Crippen MR) is 125 cm³/mol. The van der Waals surface area contributed by atoms with Crippen LogP contribution in [0.15, 0.2) is 47.6 Å². The Labute approximate surface area is 200 Å². The van der Waals surface area contributed by atoms with E-state index in [2.05, 4.69) is 15.5 Å². The highest BCUT2D eigenvalue weighted by molar-refractivity contribution is 7.99. The van der Waals surface area contributed by atoms with Crippen LogP contribution in [0.2, 0.25) is 0 Å². The SMILES string of the molecule is COC(=O)c1cc(NC(=O)CSc2nnc(COc3ccccc3C)n2C)cc(C(=O)OC)c1. The van der Waals surface area contributed by atoms with Crippen LogP contribution in [-0.2, 0) is 27.9 Å². The summed E-state index contributed by atoms with van der Waals surface area (Å²) in [6, 6.07) is 11.9. The summed E-state index contributed by atoms with van der Waals surface area (Å²) in [6.07, 6.45) is 0. The molecule has 3 rings (SSSR count). The molecule has 1 N–H and O–H groups in total. The third kappa shape index (κ3) is 6.13. The fraction of sp³-hybridized carbons (Fsp3) is 0.261. The fourth-order valence-corrected chi connectivity index (χ4v) is 3.69. The molecular weight excluding hydrogens is 460 g/mol. The van der Waals surface area contributed by atoms with Gasteiger partial charge in [-0.3, -0.25) is 4.79 Å². The van der Waals surface area contributed by atoms with Crippen molar-refractivity contribution in [2.45, 2.75) is 18.7 Å². The van der Waals surface area contributed by atoms with E-state index in [1.807, 2.05) is 31.2 Å². The minimum Gasteiger partial charge on any atom is -0.485 e. The number of benzene rings is 2. The van der Waals surface area contributed by atoms with Crippen molar-refractivity contribution in [3.05, 3.63) is 65.0 Å². The Hall–Kier alpha value is -3.86. The number of carbonyl (C=O) groups is 3. The predicted octanol–water partition coefficient (Wildman–Crippen LogP) is 3.01. The lowest BCUT2D eigenvalue weighted by molar-refractivity contribution is -0.113. The molecule has 3 aromatic rings. The van der Waals surface area contributed by atoms with Crippen molar-refractivity contribution in [3.63, 3.8) is 0 Å². The highest BCUT2D eigenvalue weighted by Crippen LogP contribution is 2.21. The van der Waals surface area contributed by atoms with E-state index >= 15 is 0 Å². The first-order valence-corrected chi connectivity index (χ1v) is 11.1. The zero-order valence-electron chi connectivity index (χ0n) is 19.2. The molecule has 1 heterocycles. The molecule has 0 fully saturated rings. The number of nitrogens with one attached hydrogen (secondary N) is 1. The standard InChI is InChI=1S/C23H24N4O6S/c1-14-7-5-6-8-18(14)33-12-19-25-26-23(27(19)2)34-13-20(28)24-17-10-15(21(29)31-3)9-16(11-17)22(30)32-4/h5-11H,12-13H2,1-4H3,(H,24,28). The first-order valence-electron chi connectivity index (χ1n) is 10.1. The molecule has 10 nitrogen and oxygen atoms in total. The quantitative estimate of drug-likeness (QED) is 0.361. The van der Waals surface area contributed by atoms with Crippen LogP contribution in [0.4, 0.5) is 5.69 Å². The van der Waals surface area contributed by atoms with E-state index in [1.54, 1.807) is 11.6 Å². The van der Waals surface area contributed by atoms with Crippen LogP contribution in [0.3, 0.4) is 0 Å². The maximum atomic E-state index is 12.5. The van der Waals surface area contributed by atoms with Crippen LogP contribution >= 0.6 is 11.8 Å². The van der Waals surface area contributed by atoms with Crippen LogP contribution in [0, 0.1) is 6.92 Å². The van der Waals surface area contributed by atoms with Crippen molar-refractivity contribution >= 4 is 35.3 Å². The second-order valence-electron chi connectivity index (χ2n) is 7.13. The van der Waals surface area contributed by atoms with Gasteiger partial charge >= 0.3 is 11.9 Å². The lowest BCUT2D eigenvalue weighted by Crippen LogP contribution is -2.16. The number of carbonyl (C=O) groups excluding carboxylic acids is 3. The largest absolute Gasteiger partial charge is 0.485 e. The van der Waals surface area contributed by atoms with Crippen molar-refractivity contribution in [2.75, 3.05) is 25.3 Å². The van der Waals surface area contributed by atoms with E-state index in [1.165, 1.54) is 44.2 Å². The molecule has 1 amide bonds. The summed E-state index contributed by atoms with van der Waals surface area (Å²) in [5.74, 6) is -0.242. The molecule has 0 unspecified atom stereocenters. The Kier molecular flexibility index (Phi) is 8.25. The molecule has 0 aliphatic carbocycles. The van der Waals surface area contributed by atoms with Gasteiger partial charge in [-0.2, -0.15) is 0 Å². The summed E-state index contributed by atoms with van der Waals surface area (Å²) in [5, 5.41) is 11.5. The van der Waals surface area contributed by atoms with Gasteiger partial charge < -0.3 is 24.1 Å². The van der Waals surface area contributed by atoms with Gasteiger partial charge in [0.15, 0.2) is 11.0 Å². The smallest absolute Gasteiger partial charge is 0.337 e. The number of hydrogen-bond donors (Lipinski definition) is 1. The van der Waals surface area contributed by atoms with E-state index in [9.17, 15) is 14.4 Å². The Bertz CT molecular complexity index is 1180. The summed E-state index contributed by atoms with van der Waals surface area (Å²) >= 11 is 1.19. The molecule has 0 aliphatic rings. The summed E-state index contributed by atoms with van der Waals surface area (Å²) in [6.45, 7) is 2.19. The number of methoxy groups -OCH3 is 2. The van der Waals surface area contributed by atoms with Crippen LogP contribution in [0.1, 0.15) is 32.1 Å². The van der Waals surface area contributed by atoms with E-state index in [0.717, 1.165) is 11.3 Å². The Morgan fingerprint density at radius 1 is 1.00 bits per heavy atom. The van der Waals surface area contributed by atoms with Crippen molar-refractivity contribution < 1.29 is 28.6 Å². The van der Waals surface area contributed by atoms with Crippen molar-refractivity contribution in [3.8, 4) is 5.75 Å². The van der Waals surface area contributed by atoms with Gasteiger partial charge in [0.1, 0.15) is 12.4 Å². The number of rotatable bonds is 9. The highest BCUT2D eigenvalue weighted by Gasteiger charge is 2.16. The van der Waals surface area contributed by atoms with Crippen molar-refractivity contribution in [2.24, 2.45) is 7.05 Å². The van der Waals surface area contributed by atoms with Crippen molar-refractivity contribution in [1.29, 1.82) is 0 Å². The number of amides is 1. The van der Waals surface area contributed by atoms with Crippen LogP contribution < -0.4 is 10.1 Å².